The van der Waals surface area contributed by atoms with Gasteiger partial charge in [0.05, 0.1) is 7.11 Å². The number of hydrogen-bond acceptors (Lipinski definition) is 6. The lowest BCUT2D eigenvalue weighted by atomic mass is 10.1. The Morgan fingerprint density at radius 2 is 1.71 bits per heavy atom. The molecule has 0 amide bonds. The highest BCUT2D eigenvalue weighted by Gasteiger charge is 2.19. The normalized spacial score (nSPS) is 16.2. The lowest BCUT2D eigenvalue weighted by Crippen LogP contribution is -2.49. The molecular weight excluding hydrogens is 390 g/mol. The third-order valence-corrected chi connectivity index (χ3v) is 5.80. The maximum atomic E-state index is 10.4. The van der Waals surface area contributed by atoms with Gasteiger partial charge in [-0.15, -0.1) is 0 Å². The molecule has 2 aromatic carbocycles. The van der Waals surface area contributed by atoms with Gasteiger partial charge in [0, 0.05) is 39.3 Å². The number of piperazine rings is 1. The molecule has 0 radical (unpaired) electrons. The number of benzene rings is 2. The number of β-amino-alcohol motifs (C(OH)–C–C–N with tert-alkyl or cyclic N) is 1. The van der Waals surface area contributed by atoms with Crippen molar-refractivity contribution in [1.82, 2.24) is 15.1 Å². The van der Waals surface area contributed by atoms with E-state index >= 15 is 0 Å². The Balaban J connectivity index is 1.40. The van der Waals surface area contributed by atoms with Gasteiger partial charge in [-0.25, -0.2) is 0 Å². The second-order valence-corrected chi connectivity index (χ2v) is 8.10. The molecule has 0 aliphatic carbocycles. The van der Waals surface area contributed by atoms with Gasteiger partial charge in [-0.1, -0.05) is 43.3 Å². The van der Waals surface area contributed by atoms with Crippen molar-refractivity contribution in [3.63, 3.8) is 0 Å². The summed E-state index contributed by atoms with van der Waals surface area (Å²) in [7, 11) is 1.65. The fraction of sp³-hybridized carbons (Fsp3) is 0.520. The average molecular weight is 428 g/mol. The van der Waals surface area contributed by atoms with E-state index in [4.69, 9.17) is 9.47 Å². The number of rotatable bonds is 12. The van der Waals surface area contributed by atoms with Crippen LogP contribution < -0.4 is 14.8 Å². The molecule has 170 valence electrons. The van der Waals surface area contributed by atoms with Crippen molar-refractivity contribution >= 4 is 0 Å². The molecule has 31 heavy (non-hydrogen) atoms. The Labute approximate surface area is 186 Å². The lowest BCUT2D eigenvalue weighted by molar-refractivity contribution is 0.0464. The monoisotopic (exact) mass is 427 g/mol. The molecule has 3 rings (SSSR count). The molecule has 6 nitrogen and oxygen atoms in total. The van der Waals surface area contributed by atoms with E-state index in [1.807, 2.05) is 24.3 Å². The average Bonchev–Trinajstić information content (AvgIpc) is 2.82. The first-order valence-electron chi connectivity index (χ1n) is 11.3. The van der Waals surface area contributed by atoms with Crippen molar-refractivity contribution in [2.75, 3.05) is 59.5 Å². The summed E-state index contributed by atoms with van der Waals surface area (Å²) in [4.78, 5) is 4.74. The summed E-state index contributed by atoms with van der Waals surface area (Å²) in [5, 5.41) is 13.9. The molecule has 1 unspecified atom stereocenters. The molecule has 2 aromatic rings. The van der Waals surface area contributed by atoms with Gasteiger partial charge in [-0.05, 0) is 42.8 Å². The second-order valence-electron chi connectivity index (χ2n) is 8.10. The molecule has 2 N–H and O–H groups in total. The zero-order valence-electron chi connectivity index (χ0n) is 18.9. The summed E-state index contributed by atoms with van der Waals surface area (Å²) < 4.78 is 11.4. The fourth-order valence-corrected chi connectivity index (χ4v) is 3.88. The number of ether oxygens (including phenoxy) is 2. The van der Waals surface area contributed by atoms with E-state index in [1.54, 1.807) is 7.11 Å². The summed E-state index contributed by atoms with van der Waals surface area (Å²) in [6.45, 7) is 10.0. The van der Waals surface area contributed by atoms with Crippen LogP contribution in [0.2, 0.25) is 0 Å². The topological polar surface area (TPSA) is 57.2 Å². The van der Waals surface area contributed by atoms with Gasteiger partial charge in [0.25, 0.3) is 0 Å². The molecule has 1 heterocycles. The Hall–Kier alpha value is -2.12. The first kappa shape index (κ1) is 23.5. The summed E-state index contributed by atoms with van der Waals surface area (Å²) >= 11 is 0. The van der Waals surface area contributed by atoms with Crippen LogP contribution in [0.25, 0.3) is 0 Å². The molecule has 1 aliphatic rings. The van der Waals surface area contributed by atoms with Crippen molar-refractivity contribution in [3.05, 3.63) is 59.7 Å². The minimum absolute atomic E-state index is 0.263. The smallest absolute Gasteiger partial charge is 0.161 e. The highest BCUT2D eigenvalue weighted by atomic mass is 16.5. The molecular formula is C25H37N3O3. The van der Waals surface area contributed by atoms with Crippen LogP contribution in [0.1, 0.15) is 18.1 Å². The number of hydrogen-bond donors (Lipinski definition) is 2. The van der Waals surface area contributed by atoms with Crippen LogP contribution in [0.3, 0.4) is 0 Å². The van der Waals surface area contributed by atoms with E-state index in [2.05, 4.69) is 46.3 Å². The molecule has 1 atom stereocenters. The predicted octanol–water partition coefficient (Wildman–Crippen LogP) is 2.40. The van der Waals surface area contributed by atoms with E-state index in [9.17, 15) is 5.11 Å². The number of methoxy groups -OCH3 is 1. The fourth-order valence-electron chi connectivity index (χ4n) is 3.88. The molecule has 0 bridgehead atoms. The van der Waals surface area contributed by atoms with E-state index in [0.29, 0.717) is 18.0 Å². The second kappa shape index (κ2) is 12.7. The van der Waals surface area contributed by atoms with Gasteiger partial charge in [0.2, 0.25) is 0 Å². The maximum absolute atomic E-state index is 10.4. The Morgan fingerprint density at radius 1 is 0.968 bits per heavy atom. The molecule has 1 fully saturated rings. The number of nitrogens with one attached hydrogen (secondary N) is 1. The zero-order chi connectivity index (χ0) is 21.9. The molecule has 0 aromatic heterocycles. The van der Waals surface area contributed by atoms with E-state index < -0.39 is 6.10 Å². The Morgan fingerprint density at radius 3 is 2.42 bits per heavy atom. The van der Waals surface area contributed by atoms with Crippen molar-refractivity contribution in [2.45, 2.75) is 26.0 Å². The summed E-state index contributed by atoms with van der Waals surface area (Å²) in [6.07, 6.45) is 0.488. The SMILES string of the molecule is CCN1CCN(CC(O)COc2ccc(CNCCc3ccccc3)cc2OC)CC1. The summed E-state index contributed by atoms with van der Waals surface area (Å²) in [6, 6.07) is 16.5. The molecule has 0 saturated carbocycles. The highest BCUT2D eigenvalue weighted by Crippen LogP contribution is 2.28. The summed E-state index contributed by atoms with van der Waals surface area (Å²) in [5.41, 5.74) is 2.48. The van der Waals surface area contributed by atoms with Crippen molar-refractivity contribution in [1.29, 1.82) is 0 Å². The van der Waals surface area contributed by atoms with E-state index in [1.165, 1.54) is 5.56 Å². The van der Waals surface area contributed by atoms with Crippen LogP contribution >= 0.6 is 0 Å². The summed E-state index contributed by atoms with van der Waals surface area (Å²) in [5.74, 6) is 1.37. The van der Waals surface area contributed by atoms with Crippen molar-refractivity contribution < 1.29 is 14.6 Å². The van der Waals surface area contributed by atoms with Crippen LogP contribution in [0, 0.1) is 0 Å². The molecule has 6 heteroatoms. The van der Waals surface area contributed by atoms with Crippen molar-refractivity contribution in [3.8, 4) is 11.5 Å². The predicted molar refractivity (Wildman–Crippen MR) is 125 cm³/mol. The molecule has 1 aliphatic heterocycles. The van der Waals surface area contributed by atoms with Gasteiger partial charge >= 0.3 is 0 Å². The van der Waals surface area contributed by atoms with Crippen LogP contribution in [0.5, 0.6) is 11.5 Å². The van der Waals surface area contributed by atoms with Crippen LogP contribution in [0.4, 0.5) is 0 Å². The minimum Gasteiger partial charge on any atom is -0.493 e. The first-order valence-corrected chi connectivity index (χ1v) is 11.3. The lowest BCUT2D eigenvalue weighted by Gasteiger charge is -2.34. The third-order valence-electron chi connectivity index (χ3n) is 5.80. The van der Waals surface area contributed by atoms with Crippen molar-refractivity contribution in [2.24, 2.45) is 0 Å². The van der Waals surface area contributed by atoms with Gasteiger partial charge < -0.3 is 24.8 Å². The largest absolute Gasteiger partial charge is 0.493 e. The van der Waals surface area contributed by atoms with Gasteiger partial charge in [-0.2, -0.15) is 0 Å². The minimum atomic E-state index is -0.516. The number of aliphatic hydroxyl groups excluding tert-OH is 1. The Kier molecular flexibility index (Phi) is 9.62. The van der Waals surface area contributed by atoms with Crippen LogP contribution in [0.15, 0.2) is 48.5 Å². The molecule has 0 spiro atoms. The maximum Gasteiger partial charge on any atom is 0.161 e. The number of nitrogens with zero attached hydrogens (tertiary/aromatic N) is 2. The van der Waals surface area contributed by atoms with E-state index in [-0.39, 0.29) is 6.61 Å². The quantitative estimate of drug-likeness (QED) is 0.508. The van der Waals surface area contributed by atoms with Gasteiger partial charge in [0.15, 0.2) is 11.5 Å². The zero-order valence-corrected chi connectivity index (χ0v) is 18.9. The number of likely N-dealkylation sites (N-methyl/N-ethyl adjacent to an activating group) is 1. The van der Waals surface area contributed by atoms with Gasteiger partial charge in [0.1, 0.15) is 12.7 Å². The van der Waals surface area contributed by atoms with E-state index in [0.717, 1.165) is 57.8 Å². The number of aliphatic hydroxyl groups is 1. The highest BCUT2D eigenvalue weighted by molar-refractivity contribution is 5.43. The third kappa shape index (κ3) is 7.82. The van der Waals surface area contributed by atoms with Crippen LogP contribution in [-0.4, -0.2) is 80.5 Å². The standard InChI is InChI=1S/C25H37N3O3/c1-3-27-13-15-28(16-14-27)19-23(29)20-31-24-10-9-22(17-25(24)30-2)18-26-12-11-21-7-5-4-6-8-21/h4-10,17,23,26,29H,3,11-16,18-20H2,1-2H3. The van der Waals surface area contributed by atoms with Crippen LogP contribution in [-0.2, 0) is 13.0 Å². The van der Waals surface area contributed by atoms with Gasteiger partial charge in [-0.3, -0.25) is 4.90 Å². The molecule has 1 saturated heterocycles. The first-order chi connectivity index (χ1) is 15.2. The Bertz CT molecular complexity index is 764.